The molecular weight excluding hydrogens is 1050 g/mol. The molecule has 3 aliphatic heterocycles. The zero-order valence-electron chi connectivity index (χ0n) is 52.0. The number of rotatable bonds is 20. The average Bonchev–Trinajstić information content (AvgIpc) is 4.35. The van der Waals surface area contributed by atoms with Crippen molar-refractivity contribution in [2.24, 2.45) is 11.5 Å². The normalized spacial score (nSPS) is 20.1. The average molecular weight is 1160 g/mol. The van der Waals surface area contributed by atoms with Crippen molar-refractivity contribution in [3.63, 3.8) is 0 Å². The van der Waals surface area contributed by atoms with E-state index in [1.165, 1.54) is 89.6 Å². The van der Waals surface area contributed by atoms with Crippen LogP contribution in [0.25, 0.3) is 0 Å². The molecular formula is C63H110N12O8. The number of carbonyl (C=O) groups excluding carboxylic acids is 8. The predicted molar refractivity (Wildman–Crippen MR) is 333 cm³/mol. The highest BCUT2D eigenvalue weighted by atomic mass is 16.2. The highest BCUT2D eigenvalue weighted by Gasteiger charge is 2.41. The van der Waals surface area contributed by atoms with Crippen LogP contribution in [0.1, 0.15) is 168 Å². The van der Waals surface area contributed by atoms with Gasteiger partial charge in [0.25, 0.3) is 0 Å². The first-order chi connectivity index (χ1) is 40.3. The molecule has 0 aromatic heterocycles. The van der Waals surface area contributed by atoms with Gasteiger partial charge in [0.1, 0.15) is 24.7 Å². The summed E-state index contributed by atoms with van der Waals surface area (Å²) in [6.45, 7) is 10.5. The van der Waals surface area contributed by atoms with E-state index in [4.69, 9.17) is 0 Å². The van der Waals surface area contributed by atoms with E-state index in [-0.39, 0.29) is 67.4 Å². The Morgan fingerprint density at radius 2 is 1.30 bits per heavy atom. The highest BCUT2D eigenvalue weighted by Crippen LogP contribution is 2.32. The number of benzene rings is 2. The number of nitrogens with two attached hydrogens (primary N) is 2. The molecule has 3 unspecified atom stereocenters. The molecule has 10 N–H and O–H groups in total. The monoisotopic (exact) mass is 1160 g/mol. The quantitative estimate of drug-likeness (QED) is 0.0523. The molecule has 0 spiro atoms. The third kappa shape index (κ3) is 31.0. The molecule has 3 saturated heterocycles. The van der Waals surface area contributed by atoms with Gasteiger partial charge in [-0.05, 0) is 138 Å². The second-order valence-corrected chi connectivity index (χ2v) is 21.6. The maximum absolute atomic E-state index is 13.5. The van der Waals surface area contributed by atoms with E-state index < -0.39 is 18.1 Å². The van der Waals surface area contributed by atoms with Gasteiger partial charge < -0.3 is 67.7 Å². The van der Waals surface area contributed by atoms with Gasteiger partial charge >= 0.3 is 12.1 Å². The molecule has 2 saturated carbocycles. The lowest BCUT2D eigenvalue weighted by Gasteiger charge is -2.38. The number of likely N-dealkylation sites (tertiary alicyclic amines) is 1. The first-order valence-corrected chi connectivity index (χ1v) is 31.0. The summed E-state index contributed by atoms with van der Waals surface area (Å²) in [7, 11) is 6.68. The largest absolute Gasteiger partial charge is 0.356 e. The minimum atomic E-state index is -0.800. The van der Waals surface area contributed by atoms with Crippen LogP contribution in [-0.2, 0) is 28.8 Å². The standard InChI is InChI=1S/C30H54N8O6.C12H16.C7H13NO.C6H11NO.C6H6.2CH5N/c1-6-26(40)34-23(20-39)18-36(7-2)29(43)32-15-10-8-9-11-16-33-30(44)37-17-14-24-13-12-21(3)38(24)28(42)25(19-37)35-27(41)22(4)31-5;1-3-7-11(8-4-1)12-9-5-2-6-10-12;9-6-8-7-4-2-1-3-5-7;1-7-4-2-3-6(7)5-8;1-2-4-6-5-3-1;2*1-2/h20-25,31H,6-19H2,1-5H3,(H,32,43)(H,33,44)(H,34,40)(H,35,41);1,3-4,7-8,12H,2,5-6,9-10H2;6-7H,1-5H2,(H,8,9);5-6H,2-4H2,1H3;1-6H;2*2H2,1H3/t21?,22?,23-,24+,25?;;;6-;;;/m0..0.../s1. The molecule has 6 atom stereocenters. The summed E-state index contributed by atoms with van der Waals surface area (Å²) in [5.41, 5.74) is 10.6. The minimum Gasteiger partial charge on any atom is -0.356 e. The molecule has 470 valence electrons. The van der Waals surface area contributed by atoms with Crippen LogP contribution >= 0.6 is 0 Å². The maximum Gasteiger partial charge on any atom is 0.317 e. The highest BCUT2D eigenvalue weighted by molar-refractivity contribution is 5.91. The summed E-state index contributed by atoms with van der Waals surface area (Å²) < 4.78 is 0. The summed E-state index contributed by atoms with van der Waals surface area (Å²) in [6.07, 6.45) is 24.1. The first-order valence-electron chi connectivity index (χ1n) is 31.0. The van der Waals surface area contributed by atoms with Crippen LogP contribution in [0.3, 0.4) is 0 Å². The fourth-order valence-corrected chi connectivity index (χ4v) is 10.6. The molecule has 8 amide bonds. The Kier molecular flexibility index (Phi) is 42.9. The van der Waals surface area contributed by atoms with E-state index in [9.17, 15) is 38.4 Å². The Morgan fingerprint density at radius 3 is 1.81 bits per heavy atom. The van der Waals surface area contributed by atoms with E-state index in [2.05, 4.69) is 78.6 Å². The van der Waals surface area contributed by atoms with Crippen molar-refractivity contribution in [3.05, 3.63) is 72.3 Å². The molecule has 20 nitrogen and oxygen atoms in total. The second-order valence-electron chi connectivity index (χ2n) is 21.6. The van der Waals surface area contributed by atoms with E-state index in [0.717, 1.165) is 70.1 Å². The molecule has 0 bridgehead atoms. The number of aldehydes is 2. The van der Waals surface area contributed by atoms with E-state index in [1.807, 2.05) is 62.2 Å². The van der Waals surface area contributed by atoms with Crippen molar-refractivity contribution in [3.8, 4) is 0 Å². The molecule has 3 heterocycles. The SMILES string of the molecule is CCC(=O)N[C@H](C=O)CN(CC)C(=O)NCCCCCCNC(=O)N1CC[C@H]2CCC(C)N2C(=O)C(NC(=O)C(C)NC)C1.CN.CN.CN1CCC[C@H]1C=O.O=CNC1CCCCC1.c1ccc(C2CCCCC2)cc1.c1ccccc1. The number of amides is 8. The number of unbranched alkanes of at least 4 members (excludes halogenated alkanes) is 3. The van der Waals surface area contributed by atoms with E-state index in [0.29, 0.717) is 44.9 Å². The lowest BCUT2D eigenvalue weighted by atomic mass is 9.84. The van der Waals surface area contributed by atoms with Gasteiger partial charge in [-0.2, -0.15) is 0 Å². The number of urea groups is 2. The molecule has 2 aromatic carbocycles. The number of likely N-dealkylation sites (N-methyl/N-ethyl adjacent to an activating group) is 3. The van der Waals surface area contributed by atoms with Gasteiger partial charge in [0.15, 0.2) is 0 Å². The van der Waals surface area contributed by atoms with Crippen LogP contribution in [0.5, 0.6) is 0 Å². The lowest BCUT2D eigenvalue weighted by molar-refractivity contribution is -0.140. The van der Waals surface area contributed by atoms with Gasteiger partial charge in [-0.3, -0.25) is 24.1 Å². The maximum atomic E-state index is 13.5. The van der Waals surface area contributed by atoms with Crippen LogP contribution in [0.15, 0.2) is 66.7 Å². The zero-order valence-corrected chi connectivity index (χ0v) is 52.0. The molecule has 5 fully saturated rings. The fourth-order valence-electron chi connectivity index (χ4n) is 10.6. The minimum absolute atomic E-state index is 0.0625. The molecule has 7 rings (SSSR count). The van der Waals surface area contributed by atoms with Gasteiger partial charge in [0.05, 0.1) is 18.6 Å². The molecule has 20 heteroatoms. The van der Waals surface area contributed by atoms with Gasteiger partial charge in [0, 0.05) is 57.3 Å². The topological polar surface area (TPSA) is 274 Å². The van der Waals surface area contributed by atoms with Crippen molar-refractivity contribution in [1.29, 1.82) is 0 Å². The number of hydrogen-bond acceptors (Lipinski definition) is 12. The summed E-state index contributed by atoms with van der Waals surface area (Å²) in [4.78, 5) is 102. The number of hydrogen-bond donors (Lipinski definition) is 8. The smallest absolute Gasteiger partial charge is 0.317 e. The van der Waals surface area contributed by atoms with Gasteiger partial charge in [-0.15, -0.1) is 0 Å². The van der Waals surface area contributed by atoms with Crippen molar-refractivity contribution in [2.45, 2.75) is 204 Å². The number of nitrogens with one attached hydrogen (secondary N) is 6. The third-order valence-electron chi connectivity index (χ3n) is 15.7. The van der Waals surface area contributed by atoms with Crippen LogP contribution < -0.4 is 43.4 Å². The van der Waals surface area contributed by atoms with Gasteiger partial charge in [-0.1, -0.05) is 125 Å². The third-order valence-corrected chi connectivity index (χ3v) is 15.7. The van der Waals surface area contributed by atoms with E-state index in [1.54, 1.807) is 31.4 Å². The Balaban J connectivity index is 0.000000692. The van der Waals surface area contributed by atoms with Crippen molar-refractivity contribution < 1.29 is 38.4 Å². The van der Waals surface area contributed by atoms with Crippen molar-refractivity contribution >= 4 is 48.8 Å². The Morgan fingerprint density at radius 1 is 0.723 bits per heavy atom. The summed E-state index contributed by atoms with van der Waals surface area (Å²) in [6, 6.07) is 21.3. The summed E-state index contributed by atoms with van der Waals surface area (Å²) in [5.74, 6) is 0.212. The van der Waals surface area contributed by atoms with Crippen molar-refractivity contribution in [1.82, 2.24) is 51.5 Å². The molecule has 2 aliphatic carbocycles. The van der Waals surface area contributed by atoms with E-state index >= 15 is 0 Å². The van der Waals surface area contributed by atoms with Gasteiger partial charge in [-0.25, -0.2) is 9.59 Å². The van der Waals surface area contributed by atoms with Crippen LogP contribution in [0.2, 0.25) is 0 Å². The molecule has 83 heavy (non-hydrogen) atoms. The number of nitrogens with zero attached hydrogens (tertiary/aromatic N) is 4. The lowest BCUT2D eigenvalue weighted by Crippen LogP contribution is -2.61. The second kappa shape index (κ2) is 47.4. The predicted octanol–water partition coefficient (Wildman–Crippen LogP) is 6.47. The summed E-state index contributed by atoms with van der Waals surface area (Å²) in [5, 5.41) is 17.0. The number of carbonyl (C=O) groups is 8. The van der Waals surface area contributed by atoms with Gasteiger partial charge in [0.2, 0.25) is 24.1 Å². The molecule has 0 radical (unpaired) electrons. The number of fused-ring (bicyclic) bond motifs is 1. The Labute approximate surface area is 498 Å². The Hall–Kier alpha value is -5.96. The fraction of sp³-hybridized carbons (Fsp3) is 0.683. The zero-order chi connectivity index (χ0) is 61.6. The summed E-state index contributed by atoms with van der Waals surface area (Å²) >= 11 is 0. The van der Waals surface area contributed by atoms with Crippen LogP contribution in [0, 0.1) is 0 Å². The van der Waals surface area contributed by atoms with Crippen molar-refractivity contribution in [2.75, 3.05) is 74.0 Å². The Bertz CT molecular complexity index is 2000. The first kappa shape index (κ1) is 75.1. The molecule has 5 aliphatic rings. The van der Waals surface area contributed by atoms with Crippen LogP contribution in [-0.4, -0.2) is 185 Å². The molecule has 2 aromatic rings. The van der Waals surface area contributed by atoms with Crippen LogP contribution in [0.4, 0.5) is 9.59 Å².